The van der Waals surface area contributed by atoms with Gasteiger partial charge in [0.05, 0.1) is 0 Å². The Morgan fingerprint density at radius 1 is 1.13 bits per heavy atom. The molecule has 1 N–H and O–H groups in total. The van der Waals surface area contributed by atoms with Gasteiger partial charge in [0.25, 0.3) is 0 Å². The zero-order chi connectivity index (χ0) is 9.80. The van der Waals surface area contributed by atoms with Crippen LogP contribution in [0.5, 0.6) is 0 Å². The lowest BCUT2D eigenvalue weighted by Crippen LogP contribution is -2.42. The molecule has 0 spiro atoms. The second kappa shape index (κ2) is 6.33. The van der Waals surface area contributed by atoms with Crippen LogP contribution in [0.1, 0.15) is 5.56 Å². The molecule has 0 saturated carbocycles. The van der Waals surface area contributed by atoms with Crippen molar-refractivity contribution in [2.45, 2.75) is 6.54 Å². The van der Waals surface area contributed by atoms with Gasteiger partial charge in [-0.15, -0.1) is 12.4 Å². The SMILES string of the molecule is Cl.Clc1ccc(CN2CCNCC2)cc1. The maximum absolute atomic E-state index is 5.83. The number of nitrogens with one attached hydrogen (secondary N) is 1. The summed E-state index contributed by atoms with van der Waals surface area (Å²) in [5.41, 5.74) is 1.34. The minimum Gasteiger partial charge on any atom is -0.314 e. The van der Waals surface area contributed by atoms with Crippen molar-refractivity contribution in [3.8, 4) is 0 Å². The molecule has 2 nitrogen and oxygen atoms in total. The predicted molar refractivity (Wildman–Crippen MR) is 66.8 cm³/mol. The average molecular weight is 247 g/mol. The molecule has 0 aromatic heterocycles. The van der Waals surface area contributed by atoms with Gasteiger partial charge in [0, 0.05) is 37.7 Å². The van der Waals surface area contributed by atoms with Gasteiger partial charge in [0.1, 0.15) is 0 Å². The highest BCUT2D eigenvalue weighted by molar-refractivity contribution is 6.30. The molecule has 0 radical (unpaired) electrons. The maximum Gasteiger partial charge on any atom is 0.0406 e. The van der Waals surface area contributed by atoms with Gasteiger partial charge in [-0.3, -0.25) is 4.90 Å². The number of rotatable bonds is 2. The zero-order valence-electron chi connectivity index (χ0n) is 8.58. The molecule has 0 unspecified atom stereocenters. The van der Waals surface area contributed by atoms with Crippen molar-refractivity contribution < 1.29 is 0 Å². The smallest absolute Gasteiger partial charge is 0.0406 e. The Kier molecular flexibility index (Phi) is 5.40. The van der Waals surface area contributed by atoms with E-state index in [0.29, 0.717) is 0 Å². The molecule has 1 heterocycles. The summed E-state index contributed by atoms with van der Waals surface area (Å²) < 4.78 is 0. The molecule has 1 fully saturated rings. The molecule has 0 bridgehead atoms. The summed E-state index contributed by atoms with van der Waals surface area (Å²) in [6.45, 7) is 5.53. The van der Waals surface area contributed by atoms with Crippen LogP contribution in [0.2, 0.25) is 5.02 Å². The van der Waals surface area contributed by atoms with E-state index in [4.69, 9.17) is 11.6 Å². The van der Waals surface area contributed by atoms with Crippen LogP contribution < -0.4 is 5.32 Å². The van der Waals surface area contributed by atoms with Crippen LogP contribution in [-0.4, -0.2) is 31.1 Å². The second-order valence-corrected chi connectivity index (χ2v) is 4.09. The van der Waals surface area contributed by atoms with E-state index in [2.05, 4.69) is 22.3 Å². The average Bonchev–Trinajstić information content (AvgIpc) is 2.23. The third kappa shape index (κ3) is 3.99. The third-order valence-electron chi connectivity index (χ3n) is 2.53. The number of halogens is 2. The van der Waals surface area contributed by atoms with E-state index < -0.39 is 0 Å². The number of nitrogens with zero attached hydrogens (tertiary/aromatic N) is 1. The summed E-state index contributed by atoms with van der Waals surface area (Å²) in [6, 6.07) is 8.12. The minimum atomic E-state index is 0. The van der Waals surface area contributed by atoms with Crippen LogP contribution in [0.4, 0.5) is 0 Å². The maximum atomic E-state index is 5.83. The highest BCUT2D eigenvalue weighted by Crippen LogP contribution is 2.11. The molecule has 4 heteroatoms. The van der Waals surface area contributed by atoms with Crippen molar-refractivity contribution in [3.05, 3.63) is 34.9 Å². The molecule has 15 heavy (non-hydrogen) atoms. The number of piperazine rings is 1. The first kappa shape index (κ1) is 12.8. The third-order valence-corrected chi connectivity index (χ3v) is 2.78. The monoisotopic (exact) mass is 246 g/mol. The fourth-order valence-corrected chi connectivity index (χ4v) is 1.84. The lowest BCUT2D eigenvalue weighted by atomic mass is 10.2. The van der Waals surface area contributed by atoms with Crippen molar-refractivity contribution in [3.63, 3.8) is 0 Å². The Hall–Kier alpha value is -0.280. The van der Waals surface area contributed by atoms with Crippen LogP contribution in [-0.2, 0) is 6.54 Å². The van der Waals surface area contributed by atoms with Crippen LogP contribution in [0.3, 0.4) is 0 Å². The van der Waals surface area contributed by atoms with Gasteiger partial charge in [-0.05, 0) is 17.7 Å². The molecule has 2 rings (SSSR count). The molecule has 1 aliphatic heterocycles. The molecule has 0 aliphatic carbocycles. The van der Waals surface area contributed by atoms with Gasteiger partial charge in [-0.1, -0.05) is 23.7 Å². The summed E-state index contributed by atoms with van der Waals surface area (Å²) >= 11 is 5.83. The highest BCUT2D eigenvalue weighted by Gasteiger charge is 2.09. The molecular formula is C11H16Cl2N2. The summed E-state index contributed by atoms with van der Waals surface area (Å²) in [4.78, 5) is 2.46. The molecular weight excluding hydrogens is 231 g/mol. The molecule has 0 amide bonds. The van der Waals surface area contributed by atoms with Gasteiger partial charge < -0.3 is 5.32 Å². The topological polar surface area (TPSA) is 15.3 Å². The molecule has 1 aliphatic rings. The van der Waals surface area contributed by atoms with E-state index in [1.807, 2.05) is 12.1 Å². The van der Waals surface area contributed by atoms with Crippen LogP contribution in [0.25, 0.3) is 0 Å². The number of benzene rings is 1. The van der Waals surface area contributed by atoms with Crippen LogP contribution in [0, 0.1) is 0 Å². The van der Waals surface area contributed by atoms with Crippen molar-refractivity contribution >= 4 is 24.0 Å². The molecule has 1 aromatic rings. The largest absolute Gasteiger partial charge is 0.314 e. The first-order valence-corrected chi connectivity index (χ1v) is 5.40. The molecule has 1 saturated heterocycles. The van der Waals surface area contributed by atoms with Gasteiger partial charge >= 0.3 is 0 Å². The van der Waals surface area contributed by atoms with Crippen LogP contribution in [0.15, 0.2) is 24.3 Å². The number of hydrogen-bond donors (Lipinski definition) is 1. The highest BCUT2D eigenvalue weighted by atomic mass is 35.5. The summed E-state index contributed by atoms with van der Waals surface area (Å²) in [6.07, 6.45) is 0. The van der Waals surface area contributed by atoms with E-state index in [-0.39, 0.29) is 12.4 Å². The first-order chi connectivity index (χ1) is 6.84. The van der Waals surface area contributed by atoms with Gasteiger partial charge in [0.2, 0.25) is 0 Å². The van der Waals surface area contributed by atoms with E-state index in [1.165, 1.54) is 5.56 Å². The van der Waals surface area contributed by atoms with Gasteiger partial charge in [0.15, 0.2) is 0 Å². The Labute approximate surface area is 102 Å². The second-order valence-electron chi connectivity index (χ2n) is 3.65. The quantitative estimate of drug-likeness (QED) is 0.861. The van der Waals surface area contributed by atoms with Crippen molar-refractivity contribution in [2.24, 2.45) is 0 Å². The molecule has 1 aromatic carbocycles. The van der Waals surface area contributed by atoms with E-state index in [0.717, 1.165) is 37.7 Å². The zero-order valence-corrected chi connectivity index (χ0v) is 10.2. The van der Waals surface area contributed by atoms with Crippen molar-refractivity contribution in [1.82, 2.24) is 10.2 Å². The van der Waals surface area contributed by atoms with E-state index >= 15 is 0 Å². The number of hydrogen-bond acceptors (Lipinski definition) is 2. The molecule has 0 atom stereocenters. The van der Waals surface area contributed by atoms with Gasteiger partial charge in [-0.25, -0.2) is 0 Å². The summed E-state index contributed by atoms with van der Waals surface area (Å²) in [5, 5.41) is 4.16. The van der Waals surface area contributed by atoms with E-state index in [1.54, 1.807) is 0 Å². The Bertz CT molecular complexity index is 281. The fraction of sp³-hybridized carbons (Fsp3) is 0.455. The lowest BCUT2D eigenvalue weighted by Gasteiger charge is -2.27. The normalized spacial score (nSPS) is 17.1. The summed E-state index contributed by atoms with van der Waals surface area (Å²) in [7, 11) is 0. The van der Waals surface area contributed by atoms with Crippen molar-refractivity contribution in [2.75, 3.05) is 26.2 Å². The minimum absolute atomic E-state index is 0. The van der Waals surface area contributed by atoms with E-state index in [9.17, 15) is 0 Å². The Morgan fingerprint density at radius 3 is 2.33 bits per heavy atom. The fourth-order valence-electron chi connectivity index (χ4n) is 1.72. The van der Waals surface area contributed by atoms with Crippen molar-refractivity contribution in [1.29, 1.82) is 0 Å². The predicted octanol–water partition coefficient (Wildman–Crippen LogP) is 2.17. The standard InChI is InChI=1S/C11H15ClN2.ClH/c12-11-3-1-10(2-4-11)9-14-7-5-13-6-8-14;/h1-4,13H,5-9H2;1H. The first-order valence-electron chi connectivity index (χ1n) is 5.02. The lowest BCUT2D eigenvalue weighted by molar-refractivity contribution is 0.233. The molecule has 84 valence electrons. The van der Waals surface area contributed by atoms with Crippen LogP contribution >= 0.6 is 24.0 Å². The Balaban J connectivity index is 0.00000112. The summed E-state index contributed by atoms with van der Waals surface area (Å²) in [5.74, 6) is 0. The Morgan fingerprint density at radius 2 is 1.73 bits per heavy atom. The van der Waals surface area contributed by atoms with Gasteiger partial charge in [-0.2, -0.15) is 0 Å².